The van der Waals surface area contributed by atoms with Crippen molar-refractivity contribution in [2.45, 2.75) is 58.9 Å². The van der Waals surface area contributed by atoms with E-state index in [-0.39, 0.29) is 11.9 Å². The molecular weight excluding hydrogens is 467 g/mol. The number of rotatable bonds is 7. The summed E-state index contributed by atoms with van der Waals surface area (Å²) in [5.41, 5.74) is 4.30. The van der Waals surface area contributed by atoms with E-state index in [4.69, 9.17) is 0 Å². The third kappa shape index (κ3) is 5.19. The minimum absolute atomic E-state index is 0.000145. The van der Waals surface area contributed by atoms with Crippen LogP contribution in [0.4, 0.5) is 4.39 Å². The number of likely N-dealkylation sites (tertiary alicyclic amines) is 1. The minimum atomic E-state index is -0.424. The van der Waals surface area contributed by atoms with E-state index < -0.39 is 5.82 Å². The molecule has 0 N–H and O–H groups in total. The fraction of sp³-hybridized carbons (Fsp3) is 0.500. The predicted molar refractivity (Wildman–Crippen MR) is 144 cm³/mol. The molecule has 2 fully saturated rings. The van der Waals surface area contributed by atoms with Gasteiger partial charge in [-0.1, -0.05) is 0 Å². The van der Waals surface area contributed by atoms with Gasteiger partial charge in [0.1, 0.15) is 11.6 Å². The second-order valence-corrected chi connectivity index (χ2v) is 11.3. The van der Waals surface area contributed by atoms with Crippen molar-refractivity contribution >= 4 is 22.6 Å². The van der Waals surface area contributed by atoms with Gasteiger partial charge >= 0.3 is 0 Å². The molecule has 1 saturated heterocycles. The van der Waals surface area contributed by atoms with Gasteiger partial charge in [0.2, 0.25) is 0 Å². The van der Waals surface area contributed by atoms with E-state index in [1.54, 1.807) is 18.0 Å². The summed E-state index contributed by atoms with van der Waals surface area (Å²) >= 11 is 0. The molecule has 0 radical (unpaired) electrons. The average Bonchev–Trinajstić information content (AvgIpc) is 3.22. The van der Waals surface area contributed by atoms with Gasteiger partial charge in [0.15, 0.2) is 0 Å². The Balaban J connectivity index is 1.40. The van der Waals surface area contributed by atoms with Crippen LogP contribution in [0.5, 0.6) is 0 Å². The highest BCUT2D eigenvalue weighted by molar-refractivity contribution is 5.99. The third-order valence-electron chi connectivity index (χ3n) is 8.25. The number of benzene rings is 1. The number of hydrogen-bond acceptors (Lipinski definition) is 4. The second kappa shape index (κ2) is 10.4. The lowest BCUT2D eigenvalue weighted by atomic mass is 9.85. The summed E-state index contributed by atoms with van der Waals surface area (Å²) in [5, 5.41) is 1.17. The first-order valence-electron chi connectivity index (χ1n) is 13.5. The summed E-state index contributed by atoms with van der Waals surface area (Å²) < 4.78 is 16.3. The van der Waals surface area contributed by atoms with Crippen LogP contribution < -0.4 is 0 Å². The van der Waals surface area contributed by atoms with Crippen LogP contribution in [-0.4, -0.2) is 63.8 Å². The maximum Gasteiger partial charge on any atom is 0.256 e. The Bertz CT molecular complexity index is 1310. The number of pyridine rings is 1. The monoisotopic (exact) mass is 504 g/mol. The maximum atomic E-state index is 14.3. The molecule has 37 heavy (non-hydrogen) atoms. The van der Waals surface area contributed by atoms with Gasteiger partial charge in [0, 0.05) is 63.3 Å². The normalized spacial score (nSPS) is 17.5. The number of Topliss-reactive ketones (excluding diaryl/α,β-unsaturated/α-hetero) is 1. The van der Waals surface area contributed by atoms with E-state index in [0.29, 0.717) is 28.9 Å². The van der Waals surface area contributed by atoms with E-state index in [1.165, 1.54) is 23.1 Å². The zero-order valence-corrected chi connectivity index (χ0v) is 22.3. The van der Waals surface area contributed by atoms with Crippen molar-refractivity contribution in [1.82, 2.24) is 19.4 Å². The Morgan fingerprint density at radius 1 is 1.16 bits per heavy atom. The summed E-state index contributed by atoms with van der Waals surface area (Å²) in [6.45, 7) is 9.20. The van der Waals surface area contributed by atoms with Crippen LogP contribution in [0.15, 0.2) is 36.8 Å². The summed E-state index contributed by atoms with van der Waals surface area (Å²) in [7, 11) is 1.75. The third-order valence-corrected chi connectivity index (χ3v) is 8.25. The molecule has 5 rings (SSSR count). The molecule has 196 valence electrons. The van der Waals surface area contributed by atoms with Crippen LogP contribution in [0.25, 0.3) is 16.6 Å². The molecule has 7 heteroatoms. The lowest BCUT2D eigenvalue weighted by Gasteiger charge is -2.42. The van der Waals surface area contributed by atoms with E-state index in [0.717, 1.165) is 62.8 Å². The number of amides is 1. The fourth-order valence-electron chi connectivity index (χ4n) is 5.92. The molecule has 1 amide bonds. The highest BCUT2D eigenvalue weighted by Crippen LogP contribution is 2.33. The Kier molecular flexibility index (Phi) is 7.17. The maximum absolute atomic E-state index is 14.3. The van der Waals surface area contributed by atoms with Gasteiger partial charge in [-0.15, -0.1) is 0 Å². The highest BCUT2D eigenvalue weighted by Gasteiger charge is 2.31. The van der Waals surface area contributed by atoms with Gasteiger partial charge < -0.3 is 14.4 Å². The SMILES string of the molecule is Cc1cncc2c1c(CC1CN(CC3CCC(=O)CC3)C1)cn2-c1ccc(F)cc1C(=O)N(C)C(C)C. The molecule has 3 aromatic rings. The topological polar surface area (TPSA) is 58.4 Å². The Morgan fingerprint density at radius 2 is 1.89 bits per heavy atom. The molecule has 6 nitrogen and oxygen atoms in total. The number of ketones is 1. The van der Waals surface area contributed by atoms with Crippen molar-refractivity contribution in [3.05, 3.63) is 59.3 Å². The fourth-order valence-corrected chi connectivity index (χ4v) is 5.92. The number of carbonyl (C=O) groups is 2. The van der Waals surface area contributed by atoms with E-state index in [9.17, 15) is 14.0 Å². The number of fused-ring (bicyclic) bond motifs is 1. The quantitative estimate of drug-likeness (QED) is 0.445. The van der Waals surface area contributed by atoms with Crippen molar-refractivity contribution < 1.29 is 14.0 Å². The molecule has 0 bridgehead atoms. The first kappa shape index (κ1) is 25.6. The van der Waals surface area contributed by atoms with E-state index in [2.05, 4.69) is 23.0 Å². The molecule has 0 spiro atoms. The lowest BCUT2D eigenvalue weighted by Crippen LogP contribution is -2.49. The van der Waals surface area contributed by atoms with Gasteiger partial charge in [0.05, 0.1) is 23.0 Å². The zero-order valence-electron chi connectivity index (χ0n) is 22.3. The van der Waals surface area contributed by atoms with Gasteiger partial charge in [-0.3, -0.25) is 14.6 Å². The van der Waals surface area contributed by atoms with Crippen LogP contribution in [0.3, 0.4) is 0 Å². The molecule has 1 saturated carbocycles. The summed E-state index contributed by atoms with van der Waals surface area (Å²) in [5.74, 6) is 1.01. The Hall–Kier alpha value is -3.06. The van der Waals surface area contributed by atoms with Crippen molar-refractivity contribution in [3.63, 3.8) is 0 Å². The first-order chi connectivity index (χ1) is 17.7. The smallest absolute Gasteiger partial charge is 0.256 e. The number of nitrogens with zero attached hydrogens (tertiary/aromatic N) is 4. The number of aryl methyl sites for hydroxylation is 1. The van der Waals surface area contributed by atoms with E-state index in [1.807, 2.05) is 30.8 Å². The number of halogens is 1. The molecule has 1 aromatic carbocycles. The summed E-state index contributed by atoms with van der Waals surface area (Å²) in [4.78, 5) is 33.5. The van der Waals surface area contributed by atoms with Crippen molar-refractivity contribution in [3.8, 4) is 5.69 Å². The van der Waals surface area contributed by atoms with Crippen molar-refractivity contribution in [2.75, 3.05) is 26.7 Å². The van der Waals surface area contributed by atoms with E-state index >= 15 is 0 Å². The van der Waals surface area contributed by atoms with Crippen LogP contribution in [0.2, 0.25) is 0 Å². The molecule has 1 aliphatic heterocycles. The van der Waals surface area contributed by atoms with Crippen LogP contribution in [0, 0.1) is 24.6 Å². The molecule has 0 atom stereocenters. The highest BCUT2D eigenvalue weighted by atomic mass is 19.1. The van der Waals surface area contributed by atoms with Crippen LogP contribution >= 0.6 is 0 Å². The Morgan fingerprint density at radius 3 is 2.59 bits per heavy atom. The number of carbonyl (C=O) groups excluding carboxylic acids is 2. The van der Waals surface area contributed by atoms with Gasteiger partial charge in [-0.25, -0.2) is 4.39 Å². The minimum Gasteiger partial charge on any atom is -0.339 e. The van der Waals surface area contributed by atoms with Gasteiger partial charge in [0.25, 0.3) is 5.91 Å². The molecule has 2 aliphatic rings. The molecule has 0 unspecified atom stereocenters. The summed E-state index contributed by atoms with van der Waals surface area (Å²) in [6.07, 6.45) is 10.3. The Labute approximate surface area is 218 Å². The molecule has 2 aromatic heterocycles. The predicted octanol–water partition coefficient (Wildman–Crippen LogP) is 5.19. The second-order valence-electron chi connectivity index (χ2n) is 11.3. The lowest BCUT2D eigenvalue weighted by molar-refractivity contribution is -0.121. The van der Waals surface area contributed by atoms with Crippen LogP contribution in [-0.2, 0) is 11.2 Å². The molecular formula is C30H37FN4O2. The van der Waals surface area contributed by atoms with Gasteiger partial charge in [-0.05, 0) is 81.2 Å². The van der Waals surface area contributed by atoms with Crippen LogP contribution in [0.1, 0.15) is 61.0 Å². The molecule has 3 heterocycles. The standard InChI is InChI=1S/C30H37FN4O2/c1-19(2)33(4)30(37)26-12-24(31)7-10-27(26)35-18-23(29-20(3)13-32-14-28(29)35)11-22-16-34(17-22)15-21-5-8-25(36)9-6-21/h7,10,12-14,18-19,21-22H,5-6,8-9,11,15-17H2,1-4H3. The van der Waals surface area contributed by atoms with Gasteiger partial charge in [-0.2, -0.15) is 0 Å². The zero-order chi connectivity index (χ0) is 26.3. The number of hydrogen-bond donors (Lipinski definition) is 0. The number of aromatic nitrogens is 2. The first-order valence-corrected chi connectivity index (χ1v) is 13.5. The largest absolute Gasteiger partial charge is 0.339 e. The van der Waals surface area contributed by atoms with Crippen molar-refractivity contribution in [2.24, 2.45) is 11.8 Å². The average molecular weight is 505 g/mol. The van der Waals surface area contributed by atoms with Crippen molar-refractivity contribution in [1.29, 1.82) is 0 Å². The molecule has 1 aliphatic carbocycles. The summed E-state index contributed by atoms with van der Waals surface area (Å²) in [6, 6.07) is 4.45.